The van der Waals surface area contributed by atoms with E-state index in [1.165, 1.54) is 31.2 Å². The van der Waals surface area contributed by atoms with E-state index in [1.807, 2.05) is 13.0 Å². The van der Waals surface area contributed by atoms with Crippen molar-refractivity contribution in [1.82, 2.24) is 5.32 Å². The molecule has 0 bridgehead atoms. The van der Waals surface area contributed by atoms with Gasteiger partial charge in [0.05, 0.1) is 12.7 Å². The Bertz CT molecular complexity index is 425. The number of hydrogen-bond donors (Lipinski definition) is 1. The highest BCUT2D eigenvalue weighted by atomic mass is 16.5. The van der Waals surface area contributed by atoms with E-state index in [0.29, 0.717) is 18.6 Å². The van der Waals surface area contributed by atoms with Crippen LogP contribution in [0.3, 0.4) is 0 Å². The molecule has 1 aromatic carbocycles. The Balaban J connectivity index is 2.10. The number of para-hydroxylation sites is 1. The fraction of sp³-hybridized carbons (Fsp3) is 0.667. The zero-order valence-corrected chi connectivity index (χ0v) is 13.7. The van der Waals surface area contributed by atoms with E-state index in [0.717, 1.165) is 24.6 Å². The molecule has 3 nitrogen and oxygen atoms in total. The van der Waals surface area contributed by atoms with Crippen LogP contribution in [0.2, 0.25) is 0 Å². The predicted molar refractivity (Wildman–Crippen MR) is 87.0 cm³/mol. The van der Waals surface area contributed by atoms with Gasteiger partial charge in [-0.25, -0.2) is 0 Å². The number of nitrogens with one attached hydrogen (secondary N) is 1. The molecule has 0 unspecified atom stereocenters. The standard InChI is InChI=1S/C18H29NO2/c1-4-20-17-11-7-8-15(13-19-12-14(2)3)18(17)21-16-9-5-6-10-16/h7-8,11,14,16,19H,4-6,9-10,12-13H2,1-3H3. The predicted octanol–water partition coefficient (Wildman–Crippen LogP) is 4.15. The fourth-order valence-corrected chi connectivity index (χ4v) is 2.77. The minimum absolute atomic E-state index is 0.357. The maximum absolute atomic E-state index is 6.28. The third-order valence-electron chi connectivity index (χ3n) is 3.82. The van der Waals surface area contributed by atoms with E-state index in [9.17, 15) is 0 Å². The summed E-state index contributed by atoms with van der Waals surface area (Å²) < 4.78 is 12.0. The lowest BCUT2D eigenvalue weighted by Gasteiger charge is -2.20. The summed E-state index contributed by atoms with van der Waals surface area (Å²) in [6.45, 7) is 8.98. The van der Waals surface area contributed by atoms with Gasteiger partial charge in [0.2, 0.25) is 0 Å². The Hall–Kier alpha value is -1.22. The maximum atomic E-state index is 6.28. The van der Waals surface area contributed by atoms with Crippen molar-refractivity contribution in [2.24, 2.45) is 5.92 Å². The Morgan fingerprint density at radius 1 is 1.24 bits per heavy atom. The normalized spacial score (nSPS) is 15.6. The van der Waals surface area contributed by atoms with Crippen LogP contribution in [-0.2, 0) is 6.54 Å². The van der Waals surface area contributed by atoms with Crippen molar-refractivity contribution in [3.8, 4) is 11.5 Å². The van der Waals surface area contributed by atoms with Crippen LogP contribution in [0, 0.1) is 5.92 Å². The van der Waals surface area contributed by atoms with E-state index < -0.39 is 0 Å². The smallest absolute Gasteiger partial charge is 0.166 e. The second-order valence-corrected chi connectivity index (χ2v) is 6.23. The van der Waals surface area contributed by atoms with E-state index >= 15 is 0 Å². The molecule has 1 saturated carbocycles. The summed E-state index contributed by atoms with van der Waals surface area (Å²) in [4.78, 5) is 0. The first-order valence-corrected chi connectivity index (χ1v) is 8.32. The first-order chi connectivity index (χ1) is 10.2. The van der Waals surface area contributed by atoms with Crippen LogP contribution in [-0.4, -0.2) is 19.3 Å². The van der Waals surface area contributed by atoms with Gasteiger partial charge in [-0.2, -0.15) is 0 Å². The van der Waals surface area contributed by atoms with Crippen molar-refractivity contribution in [3.05, 3.63) is 23.8 Å². The molecule has 0 saturated heterocycles. The quantitative estimate of drug-likeness (QED) is 0.780. The molecule has 21 heavy (non-hydrogen) atoms. The zero-order valence-electron chi connectivity index (χ0n) is 13.7. The Morgan fingerprint density at radius 3 is 2.67 bits per heavy atom. The molecule has 3 heteroatoms. The van der Waals surface area contributed by atoms with Crippen molar-refractivity contribution in [2.45, 2.75) is 59.1 Å². The van der Waals surface area contributed by atoms with Crippen LogP contribution in [0.1, 0.15) is 52.0 Å². The summed E-state index contributed by atoms with van der Waals surface area (Å²) >= 11 is 0. The van der Waals surface area contributed by atoms with Crippen LogP contribution in [0.25, 0.3) is 0 Å². The molecule has 1 aromatic rings. The lowest BCUT2D eigenvalue weighted by atomic mass is 10.1. The van der Waals surface area contributed by atoms with Crippen molar-refractivity contribution < 1.29 is 9.47 Å². The lowest BCUT2D eigenvalue weighted by molar-refractivity contribution is 0.194. The van der Waals surface area contributed by atoms with Gasteiger partial charge in [0, 0.05) is 12.1 Å². The summed E-state index contributed by atoms with van der Waals surface area (Å²) in [5.41, 5.74) is 1.20. The third-order valence-corrected chi connectivity index (χ3v) is 3.82. The topological polar surface area (TPSA) is 30.5 Å². The molecular weight excluding hydrogens is 262 g/mol. The molecule has 0 amide bonds. The minimum Gasteiger partial charge on any atom is -0.490 e. The highest BCUT2D eigenvalue weighted by Gasteiger charge is 2.20. The second-order valence-electron chi connectivity index (χ2n) is 6.23. The van der Waals surface area contributed by atoms with Gasteiger partial charge in [-0.15, -0.1) is 0 Å². The van der Waals surface area contributed by atoms with Crippen LogP contribution in [0.4, 0.5) is 0 Å². The van der Waals surface area contributed by atoms with Gasteiger partial charge in [-0.05, 0) is 51.1 Å². The molecular formula is C18H29NO2. The van der Waals surface area contributed by atoms with Crippen LogP contribution < -0.4 is 14.8 Å². The van der Waals surface area contributed by atoms with E-state index in [-0.39, 0.29) is 0 Å². The molecule has 0 aliphatic heterocycles. The SMILES string of the molecule is CCOc1cccc(CNCC(C)C)c1OC1CCCC1. The van der Waals surface area contributed by atoms with Crippen molar-refractivity contribution in [3.63, 3.8) is 0 Å². The fourth-order valence-electron chi connectivity index (χ4n) is 2.77. The van der Waals surface area contributed by atoms with E-state index in [1.54, 1.807) is 0 Å². The Morgan fingerprint density at radius 2 is 2.00 bits per heavy atom. The molecule has 0 radical (unpaired) electrons. The van der Waals surface area contributed by atoms with Gasteiger partial charge in [0.25, 0.3) is 0 Å². The highest BCUT2D eigenvalue weighted by molar-refractivity contribution is 5.46. The van der Waals surface area contributed by atoms with Crippen molar-refractivity contribution in [2.75, 3.05) is 13.2 Å². The molecule has 1 N–H and O–H groups in total. The molecule has 0 spiro atoms. The second kappa shape index (κ2) is 8.28. The average Bonchev–Trinajstić information content (AvgIpc) is 2.95. The number of ether oxygens (including phenoxy) is 2. The first-order valence-electron chi connectivity index (χ1n) is 8.32. The summed E-state index contributed by atoms with van der Waals surface area (Å²) in [6, 6.07) is 6.21. The summed E-state index contributed by atoms with van der Waals surface area (Å²) in [5, 5.41) is 3.50. The summed E-state index contributed by atoms with van der Waals surface area (Å²) in [6.07, 6.45) is 5.25. The van der Waals surface area contributed by atoms with Gasteiger partial charge in [-0.3, -0.25) is 0 Å². The number of hydrogen-bond acceptors (Lipinski definition) is 3. The summed E-state index contributed by atoms with van der Waals surface area (Å²) in [7, 11) is 0. The van der Waals surface area contributed by atoms with Gasteiger partial charge < -0.3 is 14.8 Å². The highest BCUT2D eigenvalue weighted by Crippen LogP contribution is 2.35. The average molecular weight is 291 g/mol. The molecule has 0 aromatic heterocycles. The van der Waals surface area contributed by atoms with Gasteiger partial charge in [-0.1, -0.05) is 26.0 Å². The van der Waals surface area contributed by atoms with Crippen LogP contribution in [0.15, 0.2) is 18.2 Å². The van der Waals surface area contributed by atoms with Gasteiger partial charge in [0.1, 0.15) is 0 Å². The molecule has 0 heterocycles. The van der Waals surface area contributed by atoms with Crippen LogP contribution in [0.5, 0.6) is 11.5 Å². The number of rotatable bonds is 8. The van der Waals surface area contributed by atoms with Gasteiger partial charge >= 0.3 is 0 Å². The molecule has 1 fully saturated rings. The summed E-state index contributed by atoms with van der Waals surface area (Å²) in [5.74, 6) is 2.48. The monoisotopic (exact) mass is 291 g/mol. The molecule has 1 aliphatic rings. The van der Waals surface area contributed by atoms with Gasteiger partial charge in [0.15, 0.2) is 11.5 Å². The molecule has 2 rings (SSSR count). The lowest BCUT2D eigenvalue weighted by Crippen LogP contribution is -2.20. The van der Waals surface area contributed by atoms with E-state index in [2.05, 4.69) is 31.3 Å². The molecule has 1 aliphatic carbocycles. The first kappa shape index (κ1) is 16.2. The van der Waals surface area contributed by atoms with Crippen molar-refractivity contribution >= 4 is 0 Å². The number of benzene rings is 1. The minimum atomic E-state index is 0.357. The molecule has 0 atom stereocenters. The van der Waals surface area contributed by atoms with E-state index in [4.69, 9.17) is 9.47 Å². The van der Waals surface area contributed by atoms with Crippen LogP contribution >= 0.6 is 0 Å². The Labute approximate surface area is 129 Å². The molecule has 118 valence electrons. The third kappa shape index (κ3) is 4.92. The van der Waals surface area contributed by atoms with Crippen molar-refractivity contribution in [1.29, 1.82) is 0 Å². The zero-order chi connectivity index (χ0) is 15.1. The largest absolute Gasteiger partial charge is 0.490 e. The Kier molecular flexibility index (Phi) is 6.37. The maximum Gasteiger partial charge on any atom is 0.166 e.